The third kappa shape index (κ3) is 2.86. The van der Waals surface area contributed by atoms with Crippen LogP contribution in [0.2, 0.25) is 0 Å². The zero-order valence-electron chi connectivity index (χ0n) is 8.27. The zero-order chi connectivity index (χ0) is 11.5. The second kappa shape index (κ2) is 4.53. The quantitative estimate of drug-likeness (QED) is 0.840. The van der Waals surface area contributed by atoms with E-state index in [0.29, 0.717) is 0 Å². The number of nitrogens with two attached hydrogens (primary N) is 1. The van der Waals surface area contributed by atoms with Gasteiger partial charge in [-0.1, -0.05) is 6.07 Å². The second-order valence-electron chi connectivity index (χ2n) is 3.16. The molecule has 0 aliphatic carbocycles. The SMILES string of the molecule is COc1cccc(F)c1CC(F)(F)CN. The molecule has 1 aromatic carbocycles. The monoisotopic (exact) mass is 219 g/mol. The van der Waals surface area contributed by atoms with E-state index in [1.807, 2.05) is 0 Å². The maximum absolute atomic E-state index is 13.2. The van der Waals surface area contributed by atoms with Crippen molar-refractivity contribution in [1.29, 1.82) is 0 Å². The minimum Gasteiger partial charge on any atom is -0.496 e. The first-order valence-corrected chi connectivity index (χ1v) is 4.39. The van der Waals surface area contributed by atoms with E-state index in [1.54, 1.807) is 0 Å². The Hall–Kier alpha value is -1.23. The molecule has 2 N–H and O–H groups in total. The van der Waals surface area contributed by atoms with Gasteiger partial charge in [-0.15, -0.1) is 0 Å². The molecule has 0 aromatic heterocycles. The number of methoxy groups -OCH3 is 1. The number of hydrogen-bond donors (Lipinski definition) is 1. The Morgan fingerprint density at radius 2 is 2.07 bits per heavy atom. The summed E-state index contributed by atoms with van der Waals surface area (Å²) in [6.07, 6.45) is -0.751. The molecule has 0 bridgehead atoms. The minimum atomic E-state index is -3.12. The summed E-state index contributed by atoms with van der Waals surface area (Å²) in [5.74, 6) is -3.71. The Labute approximate surface area is 85.8 Å². The molecule has 5 heteroatoms. The van der Waals surface area contributed by atoms with Gasteiger partial charge in [0.2, 0.25) is 0 Å². The Morgan fingerprint density at radius 3 is 2.60 bits per heavy atom. The summed E-state index contributed by atoms with van der Waals surface area (Å²) in [7, 11) is 1.30. The summed E-state index contributed by atoms with van der Waals surface area (Å²) in [6, 6.07) is 3.95. The first-order chi connectivity index (χ1) is 7.00. The predicted molar refractivity (Wildman–Crippen MR) is 50.7 cm³/mol. The molecule has 1 rings (SSSR count). The van der Waals surface area contributed by atoms with Crippen molar-refractivity contribution in [3.05, 3.63) is 29.6 Å². The highest BCUT2D eigenvalue weighted by molar-refractivity contribution is 5.35. The van der Waals surface area contributed by atoms with Gasteiger partial charge in [-0.05, 0) is 12.1 Å². The van der Waals surface area contributed by atoms with E-state index in [4.69, 9.17) is 10.5 Å². The number of rotatable bonds is 4. The van der Waals surface area contributed by atoms with E-state index in [9.17, 15) is 13.2 Å². The lowest BCUT2D eigenvalue weighted by molar-refractivity contribution is 0.0101. The van der Waals surface area contributed by atoms with Crippen molar-refractivity contribution in [2.75, 3.05) is 13.7 Å². The fraction of sp³-hybridized carbons (Fsp3) is 0.400. The normalized spacial score (nSPS) is 11.5. The lowest BCUT2D eigenvalue weighted by Crippen LogP contribution is -2.30. The summed E-state index contributed by atoms with van der Waals surface area (Å²) in [5, 5.41) is 0. The molecule has 0 amide bonds. The van der Waals surface area contributed by atoms with E-state index < -0.39 is 24.7 Å². The van der Waals surface area contributed by atoms with Crippen molar-refractivity contribution in [3.63, 3.8) is 0 Å². The van der Waals surface area contributed by atoms with Crippen LogP contribution in [0, 0.1) is 5.82 Å². The van der Waals surface area contributed by atoms with Gasteiger partial charge >= 0.3 is 0 Å². The van der Waals surface area contributed by atoms with Gasteiger partial charge in [0.05, 0.1) is 13.7 Å². The van der Waals surface area contributed by atoms with Crippen LogP contribution >= 0.6 is 0 Å². The highest BCUT2D eigenvalue weighted by atomic mass is 19.3. The number of ether oxygens (including phenoxy) is 1. The molecule has 0 saturated carbocycles. The Kier molecular flexibility index (Phi) is 3.57. The van der Waals surface area contributed by atoms with E-state index in [1.165, 1.54) is 19.2 Å². The van der Waals surface area contributed by atoms with Crippen molar-refractivity contribution < 1.29 is 17.9 Å². The molecule has 0 atom stereocenters. The fourth-order valence-electron chi connectivity index (χ4n) is 1.23. The zero-order valence-corrected chi connectivity index (χ0v) is 8.27. The van der Waals surface area contributed by atoms with Crippen LogP contribution in [0.5, 0.6) is 5.75 Å². The summed E-state index contributed by atoms with van der Waals surface area (Å²) in [4.78, 5) is 0. The molecule has 0 heterocycles. The smallest absolute Gasteiger partial charge is 0.264 e. The van der Waals surface area contributed by atoms with Gasteiger partial charge < -0.3 is 10.5 Å². The standard InChI is InChI=1S/C10H12F3NO/c1-15-9-4-2-3-8(11)7(9)5-10(12,13)6-14/h2-4H,5-6,14H2,1H3. The molecule has 0 fully saturated rings. The lowest BCUT2D eigenvalue weighted by atomic mass is 10.1. The van der Waals surface area contributed by atoms with Gasteiger partial charge in [-0.25, -0.2) is 13.2 Å². The molecular weight excluding hydrogens is 207 g/mol. The van der Waals surface area contributed by atoms with E-state index >= 15 is 0 Å². The number of hydrogen-bond acceptors (Lipinski definition) is 2. The van der Waals surface area contributed by atoms with Crippen LogP contribution in [0.25, 0.3) is 0 Å². The van der Waals surface area contributed by atoms with Crippen LogP contribution in [0.3, 0.4) is 0 Å². The van der Waals surface area contributed by atoms with Crippen LogP contribution in [0.4, 0.5) is 13.2 Å². The summed E-state index contributed by atoms with van der Waals surface area (Å²) >= 11 is 0. The van der Waals surface area contributed by atoms with E-state index in [0.717, 1.165) is 6.07 Å². The molecule has 0 spiro atoms. The average Bonchev–Trinajstić information content (AvgIpc) is 2.21. The number of alkyl halides is 2. The molecular formula is C10H12F3NO. The van der Waals surface area contributed by atoms with Crippen molar-refractivity contribution >= 4 is 0 Å². The van der Waals surface area contributed by atoms with Crippen molar-refractivity contribution in [3.8, 4) is 5.75 Å². The lowest BCUT2D eigenvalue weighted by Gasteiger charge is -2.16. The molecule has 1 aromatic rings. The van der Waals surface area contributed by atoms with Crippen molar-refractivity contribution in [2.45, 2.75) is 12.3 Å². The first-order valence-electron chi connectivity index (χ1n) is 4.39. The molecule has 0 aliphatic rings. The average molecular weight is 219 g/mol. The van der Waals surface area contributed by atoms with Crippen molar-refractivity contribution in [2.24, 2.45) is 5.73 Å². The van der Waals surface area contributed by atoms with E-state index in [2.05, 4.69) is 0 Å². The summed E-state index contributed by atoms with van der Waals surface area (Å²) in [6.45, 7) is -0.815. The third-order valence-corrected chi connectivity index (χ3v) is 2.03. The molecule has 84 valence electrons. The van der Waals surface area contributed by atoms with Gasteiger partial charge in [0.1, 0.15) is 11.6 Å². The Balaban J connectivity index is 3.02. The van der Waals surface area contributed by atoms with E-state index in [-0.39, 0.29) is 11.3 Å². The molecule has 0 radical (unpaired) electrons. The second-order valence-corrected chi connectivity index (χ2v) is 3.16. The van der Waals surface area contributed by atoms with Gasteiger partial charge in [-0.2, -0.15) is 0 Å². The van der Waals surface area contributed by atoms with Crippen LogP contribution in [0.15, 0.2) is 18.2 Å². The minimum absolute atomic E-state index is 0.114. The first kappa shape index (κ1) is 11.8. The maximum Gasteiger partial charge on any atom is 0.264 e. The molecule has 0 saturated heterocycles. The van der Waals surface area contributed by atoms with Gasteiger partial charge in [0, 0.05) is 12.0 Å². The largest absolute Gasteiger partial charge is 0.496 e. The molecule has 0 aliphatic heterocycles. The number of halogens is 3. The molecule has 15 heavy (non-hydrogen) atoms. The van der Waals surface area contributed by atoms with Crippen LogP contribution in [-0.2, 0) is 6.42 Å². The molecule has 2 nitrogen and oxygen atoms in total. The Bertz CT molecular complexity index is 341. The highest BCUT2D eigenvalue weighted by Gasteiger charge is 2.30. The van der Waals surface area contributed by atoms with Crippen molar-refractivity contribution in [1.82, 2.24) is 0 Å². The fourth-order valence-corrected chi connectivity index (χ4v) is 1.23. The third-order valence-electron chi connectivity index (χ3n) is 2.03. The van der Waals surface area contributed by atoms with Gasteiger partial charge in [0.25, 0.3) is 5.92 Å². The van der Waals surface area contributed by atoms with Crippen LogP contribution < -0.4 is 10.5 Å². The maximum atomic E-state index is 13.2. The topological polar surface area (TPSA) is 35.2 Å². The van der Waals surface area contributed by atoms with Crippen LogP contribution in [-0.4, -0.2) is 19.6 Å². The highest BCUT2D eigenvalue weighted by Crippen LogP contribution is 2.27. The molecule has 0 unspecified atom stereocenters. The number of benzene rings is 1. The van der Waals surface area contributed by atoms with Gasteiger partial charge in [0.15, 0.2) is 0 Å². The summed E-state index contributed by atoms with van der Waals surface area (Å²) in [5.41, 5.74) is 4.74. The predicted octanol–water partition coefficient (Wildman–Crippen LogP) is 1.97. The summed E-state index contributed by atoms with van der Waals surface area (Å²) < 4.78 is 44.0. The Morgan fingerprint density at radius 1 is 1.40 bits per heavy atom. The van der Waals surface area contributed by atoms with Crippen LogP contribution in [0.1, 0.15) is 5.56 Å². The van der Waals surface area contributed by atoms with Gasteiger partial charge in [-0.3, -0.25) is 0 Å².